The summed E-state index contributed by atoms with van der Waals surface area (Å²) in [5.41, 5.74) is 14.0. The molecule has 2 saturated heterocycles. The SMILES string of the molecule is CC(C)c1cc(C(C)C)c(-c2c/c(=C3/SC(=S)N(c4ccccc4)C3=O)s/c2=c2/s/c(=C3\SC(=S)N(c4ccccc4)C3=O)cc2-c2c(C(C)C)cc(C(C)C)cc2C(C)C)c(C(C)C)c1. The smallest absolute Gasteiger partial charge is 0.268 e. The Morgan fingerprint density at radius 2 is 0.727 bits per heavy atom. The van der Waals surface area contributed by atoms with Crippen LogP contribution in [0.3, 0.4) is 0 Å². The maximum atomic E-state index is 14.7. The number of anilines is 2. The number of rotatable bonds is 10. The number of thiocarbonyl (C=S) groups is 2. The second kappa shape index (κ2) is 19.4. The van der Waals surface area contributed by atoms with E-state index in [2.05, 4.69) is 119 Å². The Kier molecular flexibility index (Phi) is 14.2. The number of carbonyl (C=O) groups excluding carboxylic acids is 2. The van der Waals surface area contributed by atoms with Crippen LogP contribution in [0.4, 0.5) is 11.4 Å². The number of para-hydroxylation sites is 2. The van der Waals surface area contributed by atoms with Gasteiger partial charge in [0.15, 0.2) is 8.64 Å². The second-order valence-corrected chi connectivity index (χ2v) is 24.5. The number of thioether (sulfide) groups is 2. The van der Waals surface area contributed by atoms with Gasteiger partial charge in [0.25, 0.3) is 11.8 Å². The van der Waals surface area contributed by atoms with Gasteiger partial charge in [0, 0.05) is 20.2 Å². The summed E-state index contributed by atoms with van der Waals surface area (Å²) >= 11 is 18.0. The van der Waals surface area contributed by atoms with Gasteiger partial charge in [-0.15, -0.1) is 22.7 Å². The van der Waals surface area contributed by atoms with Crippen LogP contribution >= 0.6 is 70.6 Å². The lowest BCUT2D eigenvalue weighted by atomic mass is 9.81. The molecule has 0 unspecified atom stereocenters. The number of carbonyl (C=O) groups is 2. The lowest BCUT2D eigenvalue weighted by Crippen LogP contribution is -2.28. The van der Waals surface area contributed by atoms with Crippen LogP contribution in [0.15, 0.2) is 97.1 Å². The van der Waals surface area contributed by atoms with Crippen molar-refractivity contribution in [1.82, 2.24) is 0 Å². The molecule has 2 aliphatic rings. The van der Waals surface area contributed by atoms with Crippen molar-refractivity contribution in [3.05, 3.63) is 149 Å². The normalized spacial score (nSPS) is 16.9. The van der Waals surface area contributed by atoms with E-state index in [1.165, 1.54) is 68.0 Å². The highest BCUT2D eigenvalue weighted by atomic mass is 32.2. The number of amides is 2. The van der Waals surface area contributed by atoms with Gasteiger partial charge in [0.1, 0.15) is 0 Å². The van der Waals surface area contributed by atoms with E-state index in [1.807, 2.05) is 60.7 Å². The largest absolute Gasteiger partial charge is 0.272 e. The molecule has 8 rings (SSSR count). The first-order valence-electron chi connectivity index (χ1n) is 23.0. The highest BCUT2D eigenvalue weighted by molar-refractivity contribution is 8.31. The summed E-state index contributed by atoms with van der Waals surface area (Å²) < 4.78 is 4.96. The van der Waals surface area contributed by atoms with Crippen LogP contribution in [0.5, 0.6) is 0 Å². The Labute approximate surface area is 417 Å². The van der Waals surface area contributed by atoms with E-state index in [9.17, 15) is 9.59 Å². The first-order valence-corrected chi connectivity index (χ1v) is 27.1. The van der Waals surface area contributed by atoms with Crippen LogP contribution in [0.1, 0.15) is 152 Å². The average molecular weight is 983 g/mol. The lowest BCUT2D eigenvalue weighted by molar-refractivity contribution is -0.112. The van der Waals surface area contributed by atoms with Crippen LogP contribution in [-0.4, -0.2) is 20.5 Å². The highest BCUT2D eigenvalue weighted by Gasteiger charge is 2.36. The van der Waals surface area contributed by atoms with Crippen LogP contribution in [0, 0.1) is 9.06 Å². The average Bonchev–Trinajstić information content (AvgIpc) is 4.05. The number of thiophene rings is 2. The Morgan fingerprint density at radius 1 is 0.424 bits per heavy atom. The fourth-order valence-corrected chi connectivity index (χ4v) is 14.2. The molecule has 2 aliphatic heterocycles. The summed E-state index contributed by atoms with van der Waals surface area (Å²) in [5.74, 6) is 1.36. The zero-order valence-electron chi connectivity index (χ0n) is 39.9. The monoisotopic (exact) mass is 982 g/mol. The van der Waals surface area contributed by atoms with Gasteiger partial charge < -0.3 is 0 Å². The third-order valence-corrected chi connectivity index (χ3v) is 18.0. The Bertz CT molecular complexity index is 2870. The maximum absolute atomic E-state index is 14.7. The van der Waals surface area contributed by atoms with Crippen LogP contribution in [-0.2, 0) is 9.59 Å². The molecule has 66 heavy (non-hydrogen) atoms. The fraction of sp³-hybridized carbons (Fsp3) is 0.321. The molecule has 4 nitrogen and oxygen atoms in total. The van der Waals surface area contributed by atoms with Crippen molar-refractivity contribution in [3.8, 4) is 22.3 Å². The molecule has 340 valence electrons. The molecule has 0 aliphatic carbocycles. The van der Waals surface area contributed by atoms with Crippen LogP contribution < -0.4 is 18.9 Å². The van der Waals surface area contributed by atoms with Gasteiger partial charge in [0.05, 0.1) is 30.2 Å². The summed E-state index contributed by atoms with van der Waals surface area (Å²) in [5, 5.41) is 0. The minimum Gasteiger partial charge on any atom is -0.268 e. The Hall–Kier alpha value is -4.16. The summed E-state index contributed by atoms with van der Waals surface area (Å²) in [6, 6.07) is 33.6. The zero-order valence-corrected chi connectivity index (χ0v) is 44.8. The molecule has 0 bridgehead atoms. The second-order valence-electron chi connectivity index (χ2n) is 19.1. The molecule has 0 atom stereocenters. The van der Waals surface area contributed by atoms with Gasteiger partial charge >= 0.3 is 0 Å². The molecule has 0 radical (unpaired) electrons. The minimum atomic E-state index is -0.113. The predicted molar refractivity (Wildman–Crippen MR) is 296 cm³/mol. The van der Waals surface area contributed by atoms with Crippen molar-refractivity contribution in [2.24, 2.45) is 0 Å². The van der Waals surface area contributed by atoms with Crippen molar-refractivity contribution in [2.45, 2.75) is 119 Å². The van der Waals surface area contributed by atoms with E-state index in [0.29, 0.717) is 30.3 Å². The summed E-state index contributed by atoms with van der Waals surface area (Å²) in [7, 11) is 0. The summed E-state index contributed by atoms with van der Waals surface area (Å²) in [6.07, 6.45) is 0. The van der Waals surface area contributed by atoms with Crippen molar-refractivity contribution in [1.29, 1.82) is 0 Å². The van der Waals surface area contributed by atoms with Gasteiger partial charge in [-0.3, -0.25) is 19.4 Å². The predicted octanol–water partition coefficient (Wildman–Crippen LogP) is 15.5. The molecule has 10 heteroatoms. The topological polar surface area (TPSA) is 40.6 Å². The first kappa shape index (κ1) is 48.3. The molecular weight excluding hydrogens is 925 g/mol. The van der Waals surface area contributed by atoms with E-state index in [4.69, 9.17) is 24.4 Å². The highest BCUT2D eigenvalue weighted by Crippen LogP contribution is 2.45. The summed E-state index contributed by atoms with van der Waals surface area (Å²) in [4.78, 5) is 34.0. The van der Waals surface area contributed by atoms with Gasteiger partial charge in [-0.1, -0.05) is 192 Å². The van der Waals surface area contributed by atoms with Crippen molar-refractivity contribution in [2.75, 3.05) is 9.80 Å². The maximum Gasteiger partial charge on any atom is 0.272 e. The quantitative estimate of drug-likeness (QED) is 0.127. The Morgan fingerprint density at radius 3 is 1.00 bits per heavy atom. The molecule has 2 amide bonds. The van der Waals surface area contributed by atoms with Gasteiger partial charge in [-0.25, -0.2) is 0 Å². The number of nitrogens with zero attached hydrogens (tertiary/aromatic N) is 2. The van der Waals surface area contributed by atoms with Gasteiger partial charge in [0.2, 0.25) is 0 Å². The molecule has 6 aromatic rings. The number of hydrogen-bond donors (Lipinski definition) is 0. The third kappa shape index (κ3) is 8.99. The lowest BCUT2D eigenvalue weighted by Gasteiger charge is -2.23. The standard InChI is InChI=1S/C56H58N2O2S6/c1-29(2)35-23-39(31(5)6)47(40(24-35)32(7)8)43-27-45(51-53(59)57(55(61)65-51)37-19-15-13-16-20-37)63-49(43)50-44(48-41(33(9)10)25-36(30(3)4)26-42(48)34(11)12)28-46(64-50)52-54(60)58(56(62)66-52)38-21-17-14-18-22-38/h13-34H,1-12H3/b50-49+,51-45-,52-46-. The molecule has 2 aromatic heterocycles. The van der Waals surface area contributed by atoms with E-state index < -0.39 is 0 Å². The van der Waals surface area contributed by atoms with Crippen LogP contribution in [0.25, 0.3) is 32.1 Å². The van der Waals surface area contributed by atoms with Gasteiger partial charge in [-0.05, 0) is 116 Å². The molecule has 0 N–H and O–H groups in total. The molecule has 2 fully saturated rings. The van der Waals surface area contributed by atoms with E-state index in [-0.39, 0.29) is 35.5 Å². The number of hydrogen-bond acceptors (Lipinski definition) is 8. The molecule has 0 spiro atoms. The number of benzene rings is 4. The molecule has 4 aromatic carbocycles. The van der Waals surface area contributed by atoms with Crippen molar-refractivity contribution in [3.63, 3.8) is 0 Å². The van der Waals surface area contributed by atoms with E-state index in [1.54, 1.807) is 32.5 Å². The molecule has 4 heterocycles. The zero-order chi connectivity index (χ0) is 47.5. The molecular formula is C56H58N2O2S6. The van der Waals surface area contributed by atoms with E-state index in [0.717, 1.165) is 40.6 Å². The first-order chi connectivity index (χ1) is 31.4. The fourth-order valence-electron chi connectivity index (χ4n) is 8.88. The summed E-state index contributed by atoms with van der Waals surface area (Å²) in [6.45, 7) is 27.4. The minimum absolute atomic E-state index is 0.113. The van der Waals surface area contributed by atoms with Crippen LogP contribution in [0.2, 0.25) is 0 Å². The van der Waals surface area contributed by atoms with E-state index >= 15 is 0 Å². The van der Waals surface area contributed by atoms with Gasteiger partial charge in [-0.2, -0.15) is 0 Å². The Balaban J connectivity index is 1.60. The van der Waals surface area contributed by atoms with Crippen molar-refractivity contribution < 1.29 is 9.59 Å². The molecule has 0 saturated carbocycles. The third-order valence-electron chi connectivity index (χ3n) is 12.5. The van der Waals surface area contributed by atoms with Crippen molar-refractivity contribution >= 4 is 112 Å².